The Kier molecular flexibility index (Phi) is 8.53. The zero-order valence-corrected chi connectivity index (χ0v) is 25.7. The van der Waals surface area contributed by atoms with E-state index in [-0.39, 0.29) is 24.4 Å². The first-order valence-corrected chi connectivity index (χ1v) is 15.6. The summed E-state index contributed by atoms with van der Waals surface area (Å²) < 4.78 is 6.40. The lowest BCUT2D eigenvalue weighted by molar-refractivity contribution is -0.128. The first-order valence-electron chi connectivity index (χ1n) is 15.6. The average molecular weight is 597 g/mol. The standard InChI is InChI=1S/C32H40N10O2/c1-4-28(43)42-16-15-40(18-22(42)9-11-33)29-24-10-14-41(31-30-26(35-21-36-31)8-6-13-39(30)3)19-27(24)37-32(25(29)17-34)44-20-23-7-5-12-38(23)2/h4,21-23H,1,5-10,12-16,18-20H2,2-3H3/t22-,23-/m0/s1. The summed E-state index contributed by atoms with van der Waals surface area (Å²) in [6.07, 6.45) is 8.01. The Morgan fingerprint density at radius 3 is 2.66 bits per heavy atom. The Bertz CT molecular complexity index is 1510. The van der Waals surface area contributed by atoms with Crippen LogP contribution in [-0.2, 0) is 24.2 Å². The maximum atomic E-state index is 12.6. The minimum absolute atomic E-state index is 0.180. The number of nitriles is 2. The van der Waals surface area contributed by atoms with Gasteiger partial charge in [0.25, 0.3) is 0 Å². The number of pyridine rings is 1. The van der Waals surface area contributed by atoms with Crippen molar-refractivity contribution in [2.24, 2.45) is 0 Å². The summed E-state index contributed by atoms with van der Waals surface area (Å²) >= 11 is 0. The largest absolute Gasteiger partial charge is 0.475 e. The number of likely N-dealkylation sites (N-methyl/N-ethyl adjacent to an activating group) is 1. The van der Waals surface area contributed by atoms with E-state index in [1.807, 2.05) is 0 Å². The summed E-state index contributed by atoms with van der Waals surface area (Å²) in [7, 11) is 4.20. The molecule has 0 saturated carbocycles. The number of hydrogen-bond acceptors (Lipinski definition) is 11. The SMILES string of the molecule is C=CC(=O)N1CCN(c2c(C#N)c(OC[C@@H]3CCCN3C)nc3c2CCN(c2ncnc4c2N(C)CCC4)C3)C[C@@H]1CC#N. The zero-order chi connectivity index (χ0) is 30.8. The van der Waals surface area contributed by atoms with Crippen LogP contribution in [0.2, 0.25) is 0 Å². The van der Waals surface area contributed by atoms with Gasteiger partial charge in [-0.05, 0) is 51.8 Å². The Morgan fingerprint density at radius 2 is 1.91 bits per heavy atom. The number of carbonyl (C=O) groups is 1. The van der Waals surface area contributed by atoms with E-state index >= 15 is 0 Å². The molecular weight excluding hydrogens is 556 g/mol. The second-order valence-corrected chi connectivity index (χ2v) is 12.2. The number of nitrogens with zero attached hydrogens (tertiary/aromatic N) is 10. The number of hydrogen-bond donors (Lipinski definition) is 0. The van der Waals surface area contributed by atoms with E-state index in [0.717, 1.165) is 72.9 Å². The van der Waals surface area contributed by atoms with E-state index < -0.39 is 0 Å². The molecule has 6 rings (SSSR count). The van der Waals surface area contributed by atoms with E-state index in [1.165, 1.54) is 6.08 Å². The predicted molar refractivity (Wildman–Crippen MR) is 167 cm³/mol. The first kappa shape index (κ1) is 29.6. The lowest BCUT2D eigenvalue weighted by Gasteiger charge is -2.43. The minimum Gasteiger partial charge on any atom is -0.475 e. The highest BCUT2D eigenvalue weighted by molar-refractivity contribution is 5.87. The third kappa shape index (κ3) is 5.50. The first-order chi connectivity index (χ1) is 21.4. The summed E-state index contributed by atoms with van der Waals surface area (Å²) in [5.74, 6) is 1.09. The van der Waals surface area contributed by atoms with Gasteiger partial charge in [0.2, 0.25) is 11.8 Å². The molecule has 2 aromatic rings. The second kappa shape index (κ2) is 12.7. The van der Waals surface area contributed by atoms with Crippen LogP contribution in [0.3, 0.4) is 0 Å². The Balaban J connectivity index is 1.39. The number of amides is 1. The van der Waals surface area contributed by atoms with E-state index in [1.54, 1.807) is 11.2 Å². The molecule has 0 spiro atoms. The number of likely N-dealkylation sites (tertiary alicyclic amines) is 1. The van der Waals surface area contributed by atoms with Gasteiger partial charge in [0, 0.05) is 51.4 Å². The fourth-order valence-corrected chi connectivity index (χ4v) is 7.19. The molecule has 0 aliphatic carbocycles. The summed E-state index contributed by atoms with van der Waals surface area (Å²) in [6.45, 7) is 8.76. The number of rotatable bonds is 7. The van der Waals surface area contributed by atoms with Crippen molar-refractivity contribution in [1.29, 1.82) is 10.5 Å². The zero-order valence-electron chi connectivity index (χ0n) is 25.7. The van der Waals surface area contributed by atoms with Crippen LogP contribution < -0.4 is 19.4 Å². The van der Waals surface area contributed by atoms with E-state index in [9.17, 15) is 15.3 Å². The van der Waals surface area contributed by atoms with Crippen molar-refractivity contribution in [3.63, 3.8) is 0 Å². The third-order valence-electron chi connectivity index (χ3n) is 9.54. The molecule has 0 bridgehead atoms. The smallest absolute Gasteiger partial charge is 0.246 e. The summed E-state index contributed by atoms with van der Waals surface area (Å²) in [6, 6.07) is 4.64. The molecule has 12 heteroatoms. The molecule has 2 saturated heterocycles. The molecule has 0 aromatic carbocycles. The molecule has 6 heterocycles. The molecular formula is C32H40N10O2. The number of aromatic nitrogens is 3. The number of fused-ring (bicyclic) bond motifs is 2. The molecule has 0 unspecified atom stereocenters. The van der Waals surface area contributed by atoms with Gasteiger partial charge in [0.1, 0.15) is 30.3 Å². The molecule has 44 heavy (non-hydrogen) atoms. The molecule has 2 aromatic heterocycles. The number of carbonyl (C=O) groups excluding carboxylic acids is 1. The molecule has 12 nitrogen and oxygen atoms in total. The van der Waals surface area contributed by atoms with E-state index in [4.69, 9.17) is 14.7 Å². The maximum absolute atomic E-state index is 12.6. The fraction of sp³-hybridized carbons (Fsp3) is 0.562. The van der Waals surface area contributed by atoms with E-state index in [0.29, 0.717) is 57.2 Å². The van der Waals surface area contributed by atoms with Gasteiger partial charge in [-0.15, -0.1) is 0 Å². The second-order valence-electron chi connectivity index (χ2n) is 12.2. The highest BCUT2D eigenvalue weighted by Gasteiger charge is 2.36. The number of piperazine rings is 1. The van der Waals surface area contributed by atoms with Crippen molar-refractivity contribution < 1.29 is 9.53 Å². The lowest BCUT2D eigenvalue weighted by atomic mass is 9.96. The van der Waals surface area contributed by atoms with Gasteiger partial charge in [-0.1, -0.05) is 6.58 Å². The molecule has 2 atom stereocenters. The molecule has 230 valence electrons. The molecule has 4 aliphatic rings. The van der Waals surface area contributed by atoms with Gasteiger partial charge in [-0.25, -0.2) is 15.0 Å². The monoisotopic (exact) mass is 596 g/mol. The van der Waals surface area contributed by atoms with Crippen molar-refractivity contribution in [3.05, 3.63) is 41.5 Å². The van der Waals surface area contributed by atoms with Crippen LogP contribution in [0, 0.1) is 22.7 Å². The molecule has 0 radical (unpaired) electrons. The summed E-state index contributed by atoms with van der Waals surface area (Å²) in [4.78, 5) is 37.6. The van der Waals surface area contributed by atoms with Gasteiger partial charge >= 0.3 is 0 Å². The van der Waals surface area contributed by atoms with Crippen LogP contribution in [-0.4, -0.2) is 103 Å². The van der Waals surface area contributed by atoms with Crippen molar-refractivity contribution in [2.45, 2.75) is 57.2 Å². The fourth-order valence-electron chi connectivity index (χ4n) is 7.19. The predicted octanol–water partition coefficient (Wildman–Crippen LogP) is 2.28. The quantitative estimate of drug-likeness (QED) is 0.437. The van der Waals surface area contributed by atoms with Crippen LogP contribution in [0.5, 0.6) is 5.88 Å². The normalized spacial score (nSPS) is 21.7. The number of ether oxygens (including phenoxy) is 1. The molecule has 2 fully saturated rings. The van der Waals surface area contributed by atoms with Crippen LogP contribution >= 0.6 is 0 Å². The van der Waals surface area contributed by atoms with Gasteiger partial charge in [0.05, 0.1) is 42.2 Å². The Morgan fingerprint density at radius 1 is 1.05 bits per heavy atom. The van der Waals surface area contributed by atoms with Crippen molar-refractivity contribution in [1.82, 2.24) is 24.8 Å². The number of aryl methyl sites for hydroxylation is 1. The number of anilines is 3. The third-order valence-corrected chi connectivity index (χ3v) is 9.54. The molecule has 0 N–H and O–H groups in total. The van der Waals surface area contributed by atoms with Crippen molar-refractivity contribution in [2.75, 3.05) is 74.7 Å². The molecule has 4 aliphatic heterocycles. The van der Waals surface area contributed by atoms with Crippen LogP contribution in [0.25, 0.3) is 0 Å². The van der Waals surface area contributed by atoms with Crippen molar-refractivity contribution in [3.8, 4) is 18.0 Å². The van der Waals surface area contributed by atoms with Gasteiger partial charge in [0.15, 0.2) is 5.82 Å². The van der Waals surface area contributed by atoms with Crippen LogP contribution in [0.1, 0.15) is 48.2 Å². The van der Waals surface area contributed by atoms with Gasteiger partial charge in [-0.2, -0.15) is 10.5 Å². The van der Waals surface area contributed by atoms with Gasteiger partial charge in [-0.3, -0.25) is 4.79 Å². The van der Waals surface area contributed by atoms with Crippen LogP contribution in [0.15, 0.2) is 19.0 Å². The maximum Gasteiger partial charge on any atom is 0.246 e. The Labute approximate surface area is 259 Å². The topological polar surface area (TPSA) is 129 Å². The highest BCUT2D eigenvalue weighted by Crippen LogP contribution is 2.40. The van der Waals surface area contributed by atoms with E-state index in [2.05, 4.69) is 57.4 Å². The Hall–Kier alpha value is -4.42. The summed E-state index contributed by atoms with van der Waals surface area (Å²) in [5, 5.41) is 20.1. The van der Waals surface area contributed by atoms with Gasteiger partial charge < -0.3 is 29.2 Å². The average Bonchev–Trinajstić information content (AvgIpc) is 3.46. The minimum atomic E-state index is -0.311. The molecule has 1 amide bonds. The summed E-state index contributed by atoms with van der Waals surface area (Å²) in [5.41, 5.74) is 5.30. The van der Waals surface area contributed by atoms with Crippen LogP contribution in [0.4, 0.5) is 17.2 Å². The highest BCUT2D eigenvalue weighted by atomic mass is 16.5. The lowest BCUT2D eigenvalue weighted by Crippen LogP contribution is -2.55. The van der Waals surface area contributed by atoms with Crippen molar-refractivity contribution >= 4 is 23.1 Å².